The molecule has 128 valence electrons. The summed E-state index contributed by atoms with van der Waals surface area (Å²) in [7, 11) is 0. The van der Waals surface area contributed by atoms with Crippen LogP contribution in [-0.4, -0.2) is 37.1 Å². The van der Waals surface area contributed by atoms with E-state index < -0.39 is 11.8 Å². The van der Waals surface area contributed by atoms with Crippen molar-refractivity contribution in [2.45, 2.75) is 44.4 Å². The van der Waals surface area contributed by atoms with Crippen LogP contribution in [0.25, 0.3) is 5.82 Å². The Hall–Kier alpha value is -1.47. The molecule has 1 fully saturated rings. The zero-order valence-corrected chi connectivity index (χ0v) is 14.5. The van der Waals surface area contributed by atoms with Crippen molar-refractivity contribution in [2.75, 3.05) is 6.61 Å². The highest BCUT2D eigenvalue weighted by Gasteiger charge is 2.50. The molecular formula is C17H21ClN4O2. The summed E-state index contributed by atoms with van der Waals surface area (Å²) < 4.78 is 1.84. The fraction of sp³-hybridized carbons (Fsp3) is 0.529. The van der Waals surface area contributed by atoms with Crippen LogP contribution in [0.15, 0.2) is 18.3 Å². The van der Waals surface area contributed by atoms with E-state index in [4.69, 9.17) is 11.6 Å². The molecule has 0 bridgehead atoms. The van der Waals surface area contributed by atoms with E-state index in [2.05, 4.69) is 15.4 Å². The first-order chi connectivity index (χ1) is 11.4. The number of halogens is 1. The lowest BCUT2D eigenvalue weighted by molar-refractivity contribution is 0.0701. The van der Waals surface area contributed by atoms with Crippen molar-refractivity contribution < 1.29 is 10.2 Å². The Morgan fingerprint density at radius 3 is 2.92 bits per heavy atom. The van der Waals surface area contributed by atoms with Gasteiger partial charge in [0.25, 0.3) is 0 Å². The normalized spacial score (nSPS) is 23.0. The monoisotopic (exact) mass is 348 g/mol. The highest BCUT2D eigenvalue weighted by molar-refractivity contribution is 6.30. The molecule has 2 aliphatic rings. The van der Waals surface area contributed by atoms with Gasteiger partial charge in [-0.05, 0) is 44.7 Å². The summed E-state index contributed by atoms with van der Waals surface area (Å²) in [6.07, 6.45) is 2.80. The van der Waals surface area contributed by atoms with Gasteiger partial charge in [-0.15, -0.1) is 0 Å². The summed E-state index contributed by atoms with van der Waals surface area (Å²) >= 11 is 5.93. The minimum Gasteiger partial charge on any atom is -0.394 e. The van der Waals surface area contributed by atoms with Gasteiger partial charge in [0.15, 0.2) is 12.0 Å². The van der Waals surface area contributed by atoms with E-state index in [-0.39, 0.29) is 6.61 Å². The molecule has 0 radical (unpaired) electrons. The molecule has 2 heterocycles. The second-order valence-corrected chi connectivity index (χ2v) is 7.83. The highest BCUT2D eigenvalue weighted by atomic mass is 35.5. The molecule has 0 amide bonds. The third kappa shape index (κ3) is 2.63. The number of pyridine rings is 1. The third-order valence-corrected chi connectivity index (χ3v) is 5.13. The van der Waals surface area contributed by atoms with E-state index in [0.29, 0.717) is 28.4 Å². The molecule has 3 atom stereocenters. The summed E-state index contributed by atoms with van der Waals surface area (Å²) in [4.78, 5) is 4.37. The first-order valence-electron chi connectivity index (χ1n) is 8.20. The Morgan fingerprint density at radius 2 is 2.25 bits per heavy atom. The van der Waals surface area contributed by atoms with Gasteiger partial charge >= 0.3 is 0 Å². The molecule has 1 unspecified atom stereocenters. The van der Waals surface area contributed by atoms with Crippen molar-refractivity contribution in [2.24, 2.45) is 5.92 Å². The number of nitrogens with zero attached hydrogens (tertiary/aromatic N) is 3. The van der Waals surface area contributed by atoms with Crippen molar-refractivity contribution in [3.8, 4) is 5.82 Å². The predicted molar refractivity (Wildman–Crippen MR) is 90.2 cm³/mol. The maximum atomic E-state index is 10.6. The average molecular weight is 349 g/mol. The van der Waals surface area contributed by atoms with E-state index in [1.54, 1.807) is 12.3 Å². The fourth-order valence-corrected chi connectivity index (χ4v) is 3.62. The van der Waals surface area contributed by atoms with Crippen molar-refractivity contribution in [3.63, 3.8) is 0 Å². The molecule has 4 rings (SSSR count). The van der Waals surface area contributed by atoms with Crippen molar-refractivity contribution in [3.05, 3.63) is 40.3 Å². The number of aliphatic hydroxyl groups is 2. The Labute approximate surface area is 145 Å². The quantitative estimate of drug-likeness (QED) is 0.719. The van der Waals surface area contributed by atoms with Crippen molar-refractivity contribution in [1.29, 1.82) is 0 Å². The second kappa shape index (κ2) is 5.52. The minimum atomic E-state index is -0.924. The number of nitrogens with one attached hydrogen (secondary N) is 1. The Kier molecular flexibility index (Phi) is 3.69. The van der Waals surface area contributed by atoms with Gasteiger partial charge in [-0.25, -0.2) is 9.67 Å². The van der Waals surface area contributed by atoms with E-state index >= 15 is 0 Å². The molecule has 2 aromatic heterocycles. The molecule has 3 N–H and O–H groups in total. The fourth-order valence-electron chi connectivity index (χ4n) is 3.51. The van der Waals surface area contributed by atoms with E-state index in [1.807, 2.05) is 24.6 Å². The van der Waals surface area contributed by atoms with E-state index in [0.717, 1.165) is 17.7 Å². The number of fused-ring (bicyclic) bond motifs is 3. The van der Waals surface area contributed by atoms with Crippen LogP contribution in [0.3, 0.4) is 0 Å². The molecule has 2 aliphatic carbocycles. The third-order valence-electron chi connectivity index (χ3n) is 4.90. The number of hydrogen-bond donors (Lipinski definition) is 3. The largest absolute Gasteiger partial charge is 0.394 e. The Balaban J connectivity index is 1.73. The lowest BCUT2D eigenvalue weighted by Crippen LogP contribution is -2.45. The van der Waals surface area contributed by atoms with Gasteiger partial charge in [0, 0.05) is 23.2 Å². The SMILES string of the molecule is CC(C)(CO)NC(O)c1nn(-c2ccc(Cl)cn2)c2c1C[C@H]1C[C@@H]21. The summed E-state index contributed by atoms with van der Waals surface area (Å²) in [5, 5.41) is 28.3. The van der Waals surface area contributed by atoms with Gasteiger partial charge in [-0.1, -0.05) is 11.6 Å². The number of aliphatic hydroxyl groups excluding tert-OH is 2. The van der Waals surface area contributed by atoms with Gasteiger partial charge in [-0.3, -0.25) is 5.32 Å². The van der Waals surface area contributed by atoms with E-state index in [1.165, 1.54) is 6.42 Å². The molecule has 0 saturated heterocycles. The first kappa shape index (κ1) is 16.0. The summed E-state index contributed by atoms with van der Waals surface area (Å²) in [6, 6.07) is 3.63. The predicted octanol–water partition coefficient (Wildman–Crippen LogP) is 1.93. The first-order valence-corrected chi connectivity index (χ1v) is 8.57. The molecule has 24 heavy (non-hydrogen) atoms. The molecule has 7 heteroatoms. The summed E-state index contributed by atoms with van der Waals surface area (Å²) in [5.41, 5.74) is 2.32. The van der Waals surface area contributed by atoms with Crippen LogP contribution < -0.4 is 5.32 Å². The van der Waals surface area contributed by atoms with Crippen LogP contribution in [-0.2, 0) is 6.42 Å². The molecule has 6 nitrogen and oxygen atoms in total. The van der Waals surface area contributed by atoms with E-state index in [9.17, 15) is 10.2 Å². The zero-order valence-electron chi connectivity index (χ0n) is 13.7. The topological polar surface area (TPSA) is 83.2 Å². The smallest absolute Gasteiger partial charge is 0.153 e. The standard InChI is InChI=1S/C17H21ClN4O2/c1-17(2,8-23)20-16(24)14-12-6-9-5-11(9)15(12)22(21-14)13-4-3-10(18)7-19-13/h3-4,7,9,11,16,20,23-24H,5-6,8H2,1-2H3/t9-,11-,16?/m1/s1. The van der Waals surface area contributed by atoms with Crippen LogP contribution in [0.5, 0.6) is 0 Å². The molecule has 0 spiro atoms. The van der Waals surface area contributed by atoms with Gasteiger partial charge < -0.3 is 10.2 Å². The van der Waals surface area contributed by atoms with Crippen molar-refractivity contribution in [1.82, 2.24) is 20.1 Å². The second-order valence-electron chi connectivity index (χ2n) is 7.39. The molecule has 1 saturated carbocycles. The highest BCUT2D eigenvalue weighted by Crippen LogP contribution is 2.57. The van der Waals surface area contributed by atoms with Crippen LogP contribution in [0.1, 0.15) is 49.4 Å². The minimum absolute atomic E-state index is 0.0725. The van der Waals surface area contributed by atoms with Gasteiger partial charge in [0.1, 0.15) is 5.69 Å². The summed E-state index contributed by atoms with van der Waals surface area (Å²) in [6.45, 7) is 3.61. The lowest BCUT2D eigenvalue weighted by Gasteiger charge is -2.26. The molecule has 0 aliphatic heterocycles. The van der Waals surface area contributed by atoms with Crippen LogP contribution in [0, 0.1) is 5.92 Å². The van der Waals surface area contributed by atoms with Crippen LogP contribution >= 0.6 is 11.6 Å². The molecule has 0 aromatic carbocycles. The Bertz CT molecular complexity index is 772. The van der Waals surface area contributed by atoms with Crippen LogP contribution in [0.2, 0.25) is 5.02 Å². The van der Waals surface area contributed by atoms with Crippen molar-refractivity contribution >= 4 is 11.6 Å². The van der Waals surface area contributed by atoms with Gasteiger partial charge in [-0.2, -0.15) is 5.10 Å². The number of hydrogen-bond acceptors (Lipinski definition) is 5. The maximum absolute atomic E-state index is 10.6. The molecule has 2 aromatic rings. The van der Waals surface area contributed by atoms with Crippen LogP contribution in [0.4, 0.5) is 0 Å². The zero-order chi connectivity index (χ0) is 17.1. The number of rotatable bonds is 5. The van der Waals surface area contributed by atoms with Gasteiger partial charge in [0.05, 0.1) is 17.3 Å². The number of aromatic nitrogens is 3. The lowest BCUT2D eigenvalue weighted by atomic mass is 10.0. The Morgan fingerprint density at radius 1 is 1.46 bits per heavy atom. The maximum Gasteiger partial charge on any atom is 0.153 e. The molecular weight excluding hydrogens is 328 g/mol. The average Bonchev–Trinajstić information content (AvgIpc) is 3.04. The summed E-state index contributed by atoms with van der Waals surface area (Å²) in [5.74, 6) is 1.88. The van der Waals surface area contributed by atoms with Gasteiger partial charge in [0.2, 0.25) is 0 Å².